The quantitative estimate of drug-likeness (QED) is 0.595. The second-order valence-electron chi connectivity index (χ2n) is 5.72. The molecule has 136 valence electrons. The Labute approximate surface area is 156 Å². The first-order chi connectivity index (χ1) is 13.1. The van der Waals surface area contributed by atoms with E-state index in [1.807, 2.05) is 6.07 Å². The molecule has 0 fully saturated rings. The molecule has 27 heavy (non-hydrogen) atoms. The van der Waals surface area contributed by atoms with Crippen LogP contribution in [0.1, 0.15) is 0 Å². The molecule has 1 aliphatic rings. The van der Waals surface area contributed by atoms with E-state index in [2.05, 4.69) is 20.6 Å². The van der Waals surface area contributed by atoms with Gasteiger partial charge in [0.15, 0.2) is 17.7 Å². The van der Waals surface area contributed by atoms with E-state index in [4.69, 9.17) is 4.74 Å². The van der Waals surface area contributed by atoms with Crippen LogP contribution in [0.3, 0.4) is 0 Å². The van der Waals surface area contributed by atoms with Gasteiger partial charge in [-0.1, -0.05) is 6.07 Å². The maximum Gasteiger partial charge on any atom is 0.262 e. The zero-order chi connectivity index (χ0) is 18.8. The number of nitrogens with one attached hydrogen (secondary N) is 2. The zero-order valence-electron chi connectivity index (χ0n) is 13.9. The van der Waals surface area contributed by atoms with Gasteiger partial charge >= 0.3 is 0 Å². The second-order valence-corrected chi connectivity index (χ2v) is 6.68. The summed E-state index contributed by atoms with van der Waals surface area (Å²) in [4.78, 5) is 20.4. The van der Waals surface area contributed by atoms with Crippen molar-refractivity contribution in [3.8, 4) is 17.0 Å². The van der Waals surface area contributed by atoms with Crippen molar-refractivity contribution in [1.29, 1.82) is 0 Å². The fourth-order valence-electron chi connectivity index (χ4n) is 2.63. The van der Waals surface area contributed by atoms with Crippen LogP contribution < -0.4 is 15.4 Å². The number of hydrogen-bond acceptors (Lipinski definition) is 6. The van der Waals surface area contributed by atoms with E-state index in [-0.39, 0.29) is 17.4 Å². The lowest BCUT2D eigenvalue weighted by atomic mass is 10.1. The molecule has 2 heterocycles. The highest BCUT2D eigenvalue weighted by Gasteiger charge is 2.16. The van der Waals surface area contributed by atoms with E-state index in [0.29, 0.717) is 28.8 Å². The minimum atomic E-state index is -2.06. The molecule has 0 spiro atoms. The summed E-state index contributed by atoms with van der Waals surface area (Å²) in [5.74, 6) is 0.747. The maximum absolute atomic E-state index is 11.5. The predicted molar refractivity (Wildman–Crippen MR) is 100 cm³/mol. The van der Waals surface area contributed by atoms with E-state index in [9.17, 15) is 13.6 Å². The Kier molecular flexibility index (Phi) is 4.53. The van der Waals surface area contributed by atoms with Crippen molar-refractivity contribution in [1.82, 2.24) is 9.97 Å². The number of carbonyl (C=O) groups excluding carboxylic acids is 1. The lowest BCUT2D eigenvalue weighted by Gasteiger charge is -2.18. The monoisotopic (exact) mass is 382 g/mol. The molecule has 0 saturated heterocycles. The van der Waals surface area contributed by atoms with Crippen LogP contribution in [-0.4, -0.2) is 31.2 Å². The summed E-state index contributed by atoms with van der Waals surface area (Å²) in [7, 11) is 0. The molecule has 1 aliphatic heterocycles. The standard InChI is InChI=1S/C18H14N4O4S/c23-17-10-26-16-5-4-11(8-15(16)21-17)14-6-7-19-18(22-14)20-12-2-1-3-13(9-12)27(24)25/h1-9H,10H2,(H,21,23)(H,24,25)(H,19,20,22). The summed E-state index contributed by atoms with van der Waals surface area (Å²) >= 11 is -2.06. The normalized spacial score (nSPS) is 13.9. The number of nitrogens with zero attached hydrogens (tertiary/aromatic N) is 2. The Hall–Kier alpha value is -3.30. The summed E-state index contributed by atoms with van der Waals surface area (Å²) in [6.07, 6.45) is 1.60. The van der Waals surface area contributed by atoms with Crippen molar-refractivity contribution >= 4 is 34.3 Å². The van der Waals surface area contributed by atoms with Gasteiger partial charge < -0.3 is 19.9 Å². The van der Waals surface area contributed by atoms with Gasteiger partial charge in [0.25, 0.3) is 5.91 Å². The predicted octanol–water partition coefficient (Wildman–Crippen LogP) is 2.80. The van der Waals surface area contributed by atoms with Crippen molar-refractivity contribution < 1.29 is 18.3 Å². The van der Waals surface area contributed by atoms with Crippen molar-refractivity contribution in [2.45, 2.75) is 4.90 Å². The van der Waals surface area contributed by atoms with Crippen LogP contribution in [0.5, 0.6) is 5.75 Å². The molecule has 0 bridgehead atoms. The first-order valence-corrected chi connectivity index (χ1v) is 9.07. The average Bonchev–Trinajstić information content (AvgIpc) is 2.68. The summed E-state index contributed by atoms with van der Waals surface area (Å²) in [6, 6.07) is 13.7. The van der Waals surface area contributed by atoms with Gasteiger partial charge in [0.1, 0.15) is 5.75 Å². The number of benzene rings is 2. The highest BCUT2D eigenvalue weighted by atomic mass is 32.2. The molecule has 1 aromatic heterocycles. The SMILES string of the molecule is O=C1COc2ccc(-c3ccnc(Nc4cccc(S(=O)O)c4)n3)cc2N1. The Morgan fingerprint density at radius 1 is 1.19 bits per heavy atom. The molecule has 1 amide bonds. The van der Waals surface area contributed by atoms with Gasteiger partial charge in [-0.05, 0) is 42.5 Å². The number of ether oxygens (including phenoxy) is 1. The van der Waals surface area contributed by atoms with Gasteiger partial charge in [0, 0.05) is 17.4 Å². The fourth-order valence-corrected chi connectivity index (χ4v) is 3.06. The minimum Gasteiger partial charge on any atom is -0.482 e. The van der Waals surface area contributed by atoms with Gasteiger partial charge in [-0.3, -0.25) is 4.79 Å². The Morgan fingerprint density at radius 2 is 2.07 bits per heavy atom. The van der Waals surface area contributed by atoms with Crippen LogP contribution in [0.25, 0.3) is 11.3 Å². The van der Waals surface area contributed by atoms with Gasteiger partial charge in [-0.2, -0.15) is 0 Å². The Balaban J connectivity index is 1.61. The van der Waals surface area contributed by atoms with Gasteiger partial charge in [-0.15, -0.1) is 0 Å². The molecule has 3 N–H and O–H groups in total. The molecule has 1 unspecified atom stereocenters. The topological polar surface area (TPSA) is 113 Å². The van der Waals surface area contributed by atoms with Crippen LogP contribution in [0.4, 0.5) is 17.3 Å². The molecule has 2 aromatic carbocycles. The summed E-state index contributed by atoms with van der Waals surface area (Å²) in [5.41, 5.74) is 2.63. The molecule has 0 aliphatic carbocycles. The largest absolute Gasteiger partial charge is 0.482 e. The van der Waals surface area contributed by atoms with Crippen LogP contribution >= 0.6 is 0 Å². The lowest BCUT2D eigenvalue weighted by Crippen LogP contribution is -2.25. The number of fused-ring (bicyclic) bond motifs is 1. The molecular formula is C18H14N4O4S. The van der Waals surface area contributed by atoms with Crippen molar-refractivity contribution in [2.75, 3.05) is 17.2 Å². The number of amides is 1. The van der Waals surface area contributed by atoms with Gasteiger partial charge in [0.05, 0.1) is 16.3 Å². The minimum absolute atomic E-state index is 0.00557. The molecule has 0 saturated carbocycles. The molecule has 1 atom stereocenters. The summed E-state index contributed by atoms with van der Waals surface area (Å²) in [6.45, 7) is 0.00557. The lowest BCUT2D eigenvalue weighted by molar-refractivity contribution is -0.118. The van der Waals surface area contributed by atoms with E-state index in [0.717, 1.165) is 5.56 Å². The molecule has 8 nitrogen and oxygen atoms in total. The van der Waals surface area contributed by atoms with E-state index in [1.165, 1.54) is 0 Å². The van der Waals surface area contributed by atoms with E-state index in [1.54, 1.807) is 48.7 Å². The molecule has 3 aromatic rings. The van der Waals surface area contributed by atoms with Gasteiger partial charge in [0.2, 0.25) is 5.95 Å². The number of aromatic nitrogens is 2. The van der Waals surface area contributed by atoms with E-state index >= 15 is 0 Å². The third-order valence-corrected chi connectivity index (χ3v) is 4.51. The summed E-state index contributed by atoms with van der Waals surface area (Å²) in [5, 5.41) is 5.78. The fraction of sp³-hybridized carbons (Fsp3) is 0.0556. The summed E-state index contributed by atoms with van der Waals surface area (Å²) < 4.78 is 25.8. The van der Waals surface area contributed by atoms with Crippen molar-refractivity contribution in [3.63, 3.8) is 0 Å². The first kappa shape index (κ1) is 17.1. The van der Waals surface area contributed by atoms with Crippen molar-refractivity contribution in [3.05, 3.63) is 54.7 Å². The second kappa shape index (κ2) is 7.14. The van der Waals surface area contributed by atoms with Crippen LogP contribution in [-0.2, 0) is 15.9 Å². The third kappa shape index (κ3) is 3.78. The number of hydrogen-bond donors (Lipinski definition) is 3. The maximum atomic E-state index is 11.5. The Bertz CT molecular complexity index is 1060. The van der Waals surface area contributed by atoms with Crippen LogP contribution in [0, 0.1) is 0 Å². The number of carbonyl (C=O) groups is 1. The smallest absolute Gasteiger partial charge is 0.262 e. The van der Waals surface area contributed by atoms with Gasteiger partial charge in [-0.25, -0.2) is 14.2 Å². The molecule has 0 radical (unpaired) electrons. The zero-order valence-corrected chi connectivity index (χ0v) is 14.7. The molecular weight excluding hydrogens is 368 g/mol. The highest BCUT2D eigenvalue weighted by molar-refractivity contribution is 7.79. The van der Waals surface area contributed by atoms with E-state index < -0.39 is 11.1 Å². The highest BCUT2D eigenvalue weighted by Crippen LogP contribution is 2.32. The molecule has 4 rings (SSSR count). The Morgan fingerprint density at radius 3 is 2.93 bits per heavy atom. The third-order valence-electron chi connectivity index (χ3n) is 3.86. The number of anilines is 3. The molecule has 9 heteroatoms. The van der Waals surface area contributed by atoms with Crippen LogP contribution in [0.15, 0.2) is 59.6 Å². The average molecular weight is 382 g/mol. The van der Waals surface area contributed by atoms with Crippen molar-refractivity contribution in [2.24, 2.45) is 0 Å². The number of rotatable bonds is 4. The van der Waals surface area contributed by atoms with Crippen LogP contribution in [0.2, 0.25) is 0 Å². The first-order valence-electron chi connectivity index (χ1n) is 7.96.